The molecule has 2 aromatic heterocycles. The summed E-state index contributed by atoms with van der Waals surface area (Å²) in [6.45, 7) is 0.290. The number of carbonyl (C=O) groups excluding carboxylic acids is 3. The Labute approximate surface area is 158 Å². The van der Waals surface area contributed by atoms with Gasteiger partial charge >= 0.3 is 0 Å². The van der Waals surface area contributed by atoms with E-state index in [1.165, 1.54) is 11.2 Å². The van der Waals surface area contributed by atoms with Crippen LogP contribution in [0.1, 0.15) is 28.8 Å². The van der Waals surface area contributed by atoms with E-state index in [-0.39, 0.29) is 24.2 Å². The first-order chi connectivity index (χ1) is 13.5. The molecule has 4 heterocycles. The number of aromatic amines is 1. The number of aromatic nitrogens is 4. The minimum atomic E-state index is -0.645. The molecule has 3 aromatic rings. The fourth-order valence-electron chi connectivity index (χ4n) is 3.78. The minimum absolute atomic E-state index is 0.119. The van der Waals surface area contributed by atoms with Crippen molar-refractivity contribution in [2.24, 2.45) is 0 Å². The van der Waals surface area contributed by atoms with Crippen LogP contribution in [0, 0.1) is 0 Å². The maximum atomic E-state index is 12.8. The molecule has 2 aliphatic heterocycles. The summed E-state index contributed by atoms with van der Waals surface area (Å²) in [4.78, 5) is 53.4. The number of nitrogens with two attached hydrogens (primary N) is 1. The Morgan fingerprint density at radius 2 is 2.04 bits per heavy atom. The number of fused-ring (bicyclic) bond motifs is 2. The van der Waals surface area contributed by atoms with E-state index in [4.69, 9.17) is 5.73 Å². The van der Waals surface area contributed by atoms with Crippen molar-refractivity contribution in [3.63, 3.8) is 0 Å². The van der Waals surface area contributed by atoms with Crippen LogP contribution in [0.3, 0.4) is 0 Å². The largest absolute Gasteiger partial charge is 0.368 e. The van der Waals surface area contributed by atoms with Crippen molar-refractivity contribution in [2.75, 3.05) is 5.73 Å². The first-order valence-electron chi connectivity index (χ1n) is 8.76. The molecule has 2 aliphatic rings. The number of imide groups is 1. The number of imidazole rings is 1. The van der Waals surface area contributed by atoms with E-state index in [1.54, 1.807) is 12.1 Å². The van der Waals surface area contributed by atoms with Crippen LogP contribution in [0.25, 0.3) is 22.4 Å². The van der Waals surface area contributed by atoms with Crippen LogP contribution in [0.5, 0.6) is 0 Å². The number of hydrogen-bond donors (Lipinski definition) is 3. The van der Waals surface area contributed by atoms with Crippen molar-refractivity contribution in [1.29, 1.82) is 0 Å². The average molecular weight is 377 g/mol. The molecule has 140 valence electrons. The van der Waals surface area contributed by atoms with Crippen molar-refractivity contribution in [2.45, 2.75) is 25.4 Å². The number of rotatable bonds is 2. The van der Waals surface area contributed by atoms with Gasteiger partial charge < -0.3 is 15.6 Å². The number of nitrogens with one attached hydrogen (secondary N) is 2. The van der Waals surface area contributed by atoms with Crippen LogP contribution in [0.4, 0.5) is 5.95 Å². The fourth-order valence-corrected chi connectivity index (χ4v) is 3.78. The van der Waals surface area contributed by atoms with E-state index in [9.17, 15) is 14.4 Å². The Morgan fingerprint density at radius 1 is 1.18 bits per heavy atom. The highest BCUT2D eigenvalue weighted by Crippen LogP contribution is 2.32. The van der Waals surface area contributed by atoms with E-state index in [1.807, 2.05) is 6.07 Å². The zero-order valence-electron chi connectivity index (χ0n) is 14.6. The second kappa shape index (κ2) is 5.84. The molecule has 10 nitrogen and oxygen atoms in total. The smallest absolute Gasteiger partial charge is 0.255 e. The van der Waals surface area contributed by atoms with Crippen molar-refractivity contribution < 1.29 is 14.4 Å². The van der Waals surface area contributed by atoms with Crippen LogP contribution in [0.15, 0.2) is 24.5 Å². The monoisotopic (exact) mass is 377 g/mol. The molecule has 3 amide bonds. The van der Waals surface area contributed by atoms with Gasteiger partial charge in [0.15, 0.2) is 5.65 Å². The number of piperidine rings is 1. The van der Waals surface area contributed by atoms with Crippen molar-refractivity contribution in [1.82, 2.24) is 30.2 Å². The van der Waals surface area contributed by atoms with Crippen molar-refractivity contribution in [3.8, 4) is 11.3 Å². The third-order valence-electron chi connectivity index (χ3n) is 5.09. The Hall–Kier alpha value is -3.82. The predicted octanol–water partition coefficient (Wildman–Crippen LogP) is 0.363. The first-order valence-corrected chi connectivity index (χ1v) is 8.76. The molecular formula is C18H15N7O3. The van der Waals surface area contributed by atoms with Crippen molar-refractivity contribution in [3.05, 3.63) is 35.7 Å². The number of carbonyl (C=O) groups is 3. The van der Waals surface area contributed by atoms with Gasteiger partial charge in [0, 0.05) is 24.1 Å². The molecule has 4 N–H and O–H groups in total. The topological polar surface area (TPSA) is 147 Å². The molecule has 0 radical (unpaired) electrons. The summed E-state index contributed by atoms with van der Waals surface area (Å²) in [6.07, 6.45) is 2.07. The lowest BCUT2D eigenvalue weighted by atomic mass is 10.0. The molecule has 1 fully saturated rings. The van der Waals surface area contributed by atoms with Crippen LogP contribution in [-0.2, 0) is 16.1 Å². The normalized spacial score (nSPS) is 19.2. The second-order valence-corrected chi connectivity index (χ2v) is 6.80. The maximum Gasteiger partial charge on any atom is 0.255 e. The third-order valence-corrected chi connectivity index (χ3v) is 5.09. The van der Waals surface area contributed by atoms with E-state index in [2.05, 4.69) is 25.3 Å². The molecule has 1 saturated heterocycles. The summed E-state index contributed by atoms with van der Waals surface area (Å²) in [5.41, 5.74) is 9.56. The van der Waals surface area contributed by atoms with Gasteiger partial charge in [-0.2, -0.15) is 4.98 Å². The molecule has 0 spiro atoms. The zero-order valence-corrected chi connectivity index (χ0v) is 14.6. The molecule has 0 saturated carbocycles. The van der Waals surface area contributed by atoms with Crippen LogP contribution < -0.4 is 11.1 Å². The summed E-state index contributed by atoms with van der Waals surface area (Å²) in [7, 11) is 0. The molecular weight excluding hydrogens is 362 g/mol. The van der Waals surface area contributed by atoms with Crippen LogP contribution in [0.2, 0.25) is 0 Å². The molecule has 1 aromatic carbocycles. The SMILES string of the molecule is Nc1nc(-c2ccc3c(c2)CN(C2CCC(=O)NC2=O)C3=O)c2nc[nH]c2n1. The number of amides is 3. The van der Waals surface area contributed by atoms with Crippen molar-refractivity contribution >= 4 is 34.8 Å². The van der Waals surface area contributed by atoms with Gasteiger partial charge in [-0.25, -0.2) is 9.97 Å². The molecule has 0 bridgehead atoms. The number of benzene rings is 1. The Balaban J connectivity index is 1.52. The van der Waals surface area contributed by atoms with E-state index in [0.29, 0.717) is 35.4 Å². The van der Waals surface area contributed by atoms with Gasteiger partial charge in [-0.3, -0.25) is 19.7 Å². The highest BCUT2D eigenvalue weighted by molar-refractivity contribution is 6.05. The van der Waals surface area contributed by atoms with Crippen LogP contribution in [-0.4, -0.2) is 48.6 Å². The van der Waals surface area contributed by atoms with E-state index in [0.717, 1.165) is 11.1 Å². The van der Waals surface area contributed by atoms with E-state index >= 15 is 0 Å². The third kappa shape index (κ3) is 2.42. The van der Waals surface area contributed by atoms with Gasteiger partial charge in [-0.15, -0.1) is 0 Å². The number of nitrogens with zero attached hydrogens (tertiary/aromatic N) is 4. The van der Waals surface area contributed by atoms with Gasteiger partial charge in [0.05, 0.1) is 6.33 Å². The van der Waals surface area contributed by atoms with Crippen LogP contribution >= 0.6 is 0 Å². The molecule has 1 unspecified atom stereocenters. The predicted molar refractivity (Wildman–Crippen MR) is 97.6 cm³/mol. The minimum Gasteiger partial charge on any atom is -0.368 e. The second-order valence-electron chi connectivity index (χ2n) is 6.80. The lowest BCUT2D eigenvalue weighted by Gasteiger charge is -2.29. The number of hydrogen-bond acceptors (Lipinski definition) is 7. The molecule has 10 heteroatoms. The lowest BCUT2D eigenvalue weighted by Crippen LogP contribution is -2.52. The quantitative estimate of drug-likeness (QED) is 0.546. The summed E-state index contributed by atoms with van der Waals surface area (Å²) in [5, 5.41) is 2.30. The Bertz CT molecular complexity index is 1170. The molecule has 5 rings (SSSR count). The number of nitrogen functional groups attached to an aromatic ring is 1. The van der Waals surface area contributed by atoms with Gasteiger partial charge in [-0.05, 0) is 24.1 Å². The summed E-state index contributed by atoms with van der Waals surface area (Å²) in [5.74, 6) is -0.840. The van der Waals surface area contributed by atoms with E-state index < -0.39 is 11.9 Å². The highest BCUT2D eigenvalue weighted by atomic mass is 16.2. The Kier molecular flexibility index (Phi) is 3.41. The Morgan fingerprint density at radius 3 is 2.86 bits per heavy atom. The van der Waals surface area contributed by atoms with Gasteiger partial charge in [-0.1, -0.05) is 6.07 Å². The first kappa shape index (κ1) is 16.4. The highest BCUT2D eigenvalue weighted by Gasteiger charge is 2.39. The molecule has 0 aliphatic carbocycles. The lowest BCUT2D eigenvalue weighted by molar-refractivity contribution is -0.136. The van der Waals surface area contributed by atoms with Gasteiger partial charge in [0.1, 0.15) is 17.3 Å². The zero-order chi connectivity index (χ0) is 19.4. The number of H-pyrrole nitrogens is 1. The molecule has 28 heavy (non-hydrogen) atoms. The maximum absolute atomic E-state index is 12.8. The fraction of sp³-hybridized carbons (Fsp3) is 0.222. The number of anilines is 1. The standard InChI is InChI=1S/C18H15N7O3/c19-18-23-13(14-15(24-18)21-7-20-14)8-1-2-10-9(5-8)6-25(17(10)28)11-3-4-12(26)22-16(11)27/h1-2,5,7,11H,3-4,6H2,(H,22,26,27)(H3,19,20,21,23,24). The summed E-state index contributed by atoms with van der Waals surface area (Å²) in [6, 6.07) is 4.71. The summed E-state index contributed by atoms with van der Waals surface area (Å²) >= 11 is 0. The van der Waals surface area contributed by atoms with Gasteiger partial charge in [0.25, 0.3) is 5.91 Å². The van der Waals surface area contributed by atoms with Gasteiger partial charge in [0.2, 0.25) is 17.8 Å². The average Bonchev–Trinajstić information content (AvgIpc) is 3.25. The summed E-state index contributed by atoms with van der Waals surface area (Å²) < 4.78 is 0. The molecule has 1 atom stereocenters.